The summed E-state index contributed by atoms with van der Waals surface area (Å²) < 4.78 is 13.4. The third-order valence-electron chi connectivity index (χ3n) is 2.66. The third-order valence-corrected chi connectivity index (χ3v) is 2.97. The molecule has 0 aliphatic heterocycles. The maximum absolute atomic E-state index is 13.4. The van der Waals surface area contributed by atoms with Crippen molar-refractivity contribution >= 4 is 23.0 Å². The zero-order valence-corrected chi connectivity index (χ0v) is 10.5. The van der Waals surface area contributed by atoms with Crippen LogP contribution in [-0.2, 0) is 6.42 Å². The molecule has 0 aliphatic rings. The fraction of sp³-hybridized carbons (Fsp3) is 0.143. The molecule has 0 spiro atoms. The SMILES string of the molecule is Nc1ccc(NCCc2ccccc2F)c(Cl)c1. The minimum atomic E-state index is -0.178. The minimum Gasteiger partial charge on any atom is -0.399 e. The summed E-state index contributed by atoms with van der Waals surface area (Å²) in [6.45, 7) is 0.616. The lowest BCUT2D eigenvalue weighted by atomic mass is 10.1. The van der Waals surface area contributed by atoms with Crippen molar-refractivity contribution in [3.8, 4) is 0 Å². The molecule has 0 aliphatic carbocycles. The van der Waals surface area contributed by atoms with Gasteiger partial charge in [-0.25, -0.2) is 4.39 Å². The van der Waals surface area contributed by atoms with Gasteiger partial charge in [0.05, 0.1) is 10.7 Å². The third kappa shape index (κ3) is 3.14. The predicted octanol–water partition coefficient (Wildman–Crippen LogP) is 3.72. The Morgan fingerprint density at radius 2 is 1.94 bits per heavy atom. The molecule has 2 nitrogen and oxygen atoms in total. The second kappa shape index (κ2) is 5.74. The highest BCUT2D eigenvalue weighted by Gasteiger charge is 2.02. The number of hydrogen-bond acceptors (Lipinski definition) is 2. The number of nitrogen functional groups attached to an aromatic ring is 1. The second-order valence-electron chi connectivity index (χ2n) is 4.01. The molecule has 0 atom stereocenters. The van der Waals surface area contributed by atoms with E-state index >= 15 is 0 Å². The van der Waals surface area contributed by atoms with Crippen LogP contribution >= 0.6 is 11.6 Å². The Labute approximate surface area is 111 Å². The van der Waals surface area contributed by atoms with Crippen molar-refractivity contribution < 1.29 is 4.39 Å². The summed E-state index contributed by atoms with van der Waals surface area (Å²) in [5.74, 6) is -0.178. The van der Waals surface area contributed by atoms with Gasteiger partial charge in [-0.2, -0.15) is 0 Å². The fourth-order valence-electron chi connectivity index (χ4n) is 1.71. The van der Waals surface area contributed by atoms with Crippen molar-refractivity contribution in [2.45, 2.75) is 6.42 Å². The van der Waals surface area contributed by atoms with Crippen molar-refractivity contribution in [3.63, 3.8) is 0 Å². The Hall–Kier alpha value is -1.74. The van der Waals surface area contributed by atoms with Crippen LogP contribution in [0.25, 0.3) is 0 Å². The molecule has 2 aromatic rings. The number of nitrogens with two attached hydrogens (primary N) is 1. The number of nitrogens with one attached hydrogen (secondary N) is 1. The monoisotopic (exact) mass is 264 g/mol. The van der Waals surface area contributed by atoms with Crippen molar-refractivity contribution in [3.05, 3.63) is 58.9 Å². The summed E-state index contributed by atoms with van der Waals surface area (Å²) in [6.07, 6.45) is 0.605. The average molecular weight is 265 g/mol. The maximum Gasteiger partial charge on any atom is 0.126 e. The van der Waals surface area contributed by atoms with E-state index in [9.17, 15) is 4.39 Å². The molecule has 0 unspecified atom stereocenters. The van der Waals surface area contributed by atoms with Gasteiger partial charge in [-0.05, 0) is 36.2 Å². The Morgan fingerprint density at radius 1 is 1.17 bits per heavy atom. The van der Waals surface area contributed by atoms with Gasteiger partial charge in [-0.15, -0.1) is 0 Å². The summed E-state index contributed by atoms with van der Waals surface area (Å²) in [6, 6.07) is 12.0. The molecule has 0 saturated heterocycles. The van der Waals surface area contributed by atoms with E-state index in [0.717, 1.165) is 5.69 Å². The van der Waals surface area contributed by atoms with Crippen LogP contribution < -0.4 is 11.1 Å². The Kier molecular flexibility index (Phi) is 4.05. The molecule has 0 aromatic heterocycles. The van der Waals surface area contributed by atoms with Crippen molar-refractivity contribution in [2.75, 3.05) is 17.6 Å². The quantitative estimate of drug-likeness (QED) is 0.826. The molecule has 0 fully saturated rings. The molecule has 2 aromatic carbocycles. The Balaban J connectivity index is 1.95. The van der Waals surface area contributed by atoms with Gasteiger partial charge >= 0.3 is 0 Å². The molecule has 4 heteroatoms. The molecule has 94 valence electrons. The largest absolute Gasteiger partial charge is 0.399 e. The van der Waals surface area contributed by atoms with Crippen molar-refractivity contribution in [2.24, 2.45) is 0 Å². The van der Waals surface area contributed by atoms with Crippen LogP contribution in [0.15, 0.2) is 42.5 Å². The number of halogens is 2. The summed E-state index contributed by atoms with van der Waals surface area (Å²) in [5, 5.41) is 3.73. The van der Waals surface area contributed by atoms with Crippen LogP contribution in [0.5, 0.6) is 0 Å². The normalized spacial score (nSPS) is 10.3. The first kappa shape index (κ1) is 12.7. The van der Waals surface area contributed by atoms with Gasteiger partial charge in [0.2, 0.25) is 0 Å². The lowest BCUT2D eigenvalue weighted by Crippen LogP contribution is -2.06. The summed E-state index contributed by atoms with van der Waals surface area (Å²) in [4.78, 5) is 0. The highest BCUT2D eigenvalue weighted by atomic mass is 35.5. The summed E-state index contributed by atoms with van der Waals surface area (Å²) in [7, 11) is 0. The summed E-state index contributed by atoms with van der Waals surface area (Å²) >= 11 is 6.03. The van der Waals surface area contributed by atoms with E-state index in [1.54, 1.807) is 24.3 Å². The zero-order valence-electron chi connectivity index (χ0n) is 9.79. The van der Waals surface area contributed by atoms with E-state index in [4.69, 9.17) is 17.3 Å². The zero-order chi connectivity index (χ0) is 13.0. The first-order valence-electron chi connectivity index (χ1n) is 5.69. The maximum atomic E-state index is 13.4. The highest BCUT2D eigenvalue weighted by molar-refractivity contribution is 6.33. The van der Waals surface area contributed by atoms with E-state index in [-0.39, 0.29) is 5.82 Å². The minimum absolute atomic E-state index is 0.178. The Bertz CT molecular complexity index is 543. The van der Waals surface area contributed by atoms with Gasteiger partial charge < -0.3 is 11.1 Å². The van der Waals surface area contributed by atoms with E-state index in [2.05, 4.69) is 5.32 Å². The van der Waals surface area contributed by atoms with Gasteiger partial charge in [0.1, 0.15) is 5.82 Å². The van der Waals surface area contributed by atoms with Gasteiger partial charge in [0.15, 0.2) is 0 Å². The fourth-order valence-corrected chi connectivity index (χ4v) is 1.96. The Morgan fingerprint density at radius 3 is 2.67 bits per heavy atom. The van der Waals surface area contributed by atoms with Crippen molar-refractivity contribution in [1.82, 2.24) is 0 Å². The molecule has 2 rings (SSSR count). The molecule has 18 heavy (non-hydrogen) atoms. The molecule has 0 heterocycles. The number of hydrogen-bond donors (Lipinski definition) is 2. The van der Waals surface area contributed by atoms with Crippen LogP contribution in [0.4, 0.5) is 15.8 Å². The number of rotatable bonds is 4. The van der Waals surface area contributed by atoms with Gasteiger partial charge in [-0.3, -0.25) is 0 Å². The average Bonchev–Trinajstić information content (AvgIpc) is 2.34. The summed E-state index contributed by atoms with van der Waals surface area (Å²) in [5.41, 5.74) is 7.73. The van der Waals surface area contributed by atoms with Gasteiger partial charge in [0.25, 0.3) is 0 Å². The van der Waals surface area contributed by atoms with Crippen LogP contribution in [0.2, 0.25) is 5.02 Å². The molecule has 0 amide bonds. The lowest BCUT2D eigenvalue weighted by Gasteiger charge is -2.09. The molecular weight excluding hydrogens is 251 g/mol. The second-order valence-corrected chi connectivity index (χ2v) is 4.41. The highest BCUT2D eigenvalue weighted by Crippen LogP contribution is 2.23. The van der Waals surface area contributed by atoms with Crippen LogP contribution in [0.3, 0.4) is 0 Å². The van der Waals surface area contributed by atoms with Gasteiger partial charge in [0, 0.05) is 12.2 Å². The van der Waals surface area contributed by atoms with Crippen LogP contribution in [0.1, 0.15) is 5.56 Å². The van der Waals surface area contributed by atoms with E-state index in [0.29, 0.717) is 29.2 Å². The number of anilines is 2. The van der Waals surface area contributed by atoms with E-state index in [1.807, 2.05) is 12.1 Å². The molecular formula is C14H14ClFN2. The van der Waals surface area contributed by atoms with Crippen molar-refractivity contribution in [1.29, 1.82) is 0 Å². The molecule has 3 N–H and O–H groups in total. The smallest absolute Gasteiger partial charge is 0.126 e. The first-order valence-corrected chi connectivity index (χ1v) is 6.07. The molecule has 0 saturated carbocycles. The van der Waals surface area contributed by atoms with Crippen LogP contribution in [-0.4, -0.2) is 6.54 Å². The van der Waals surface area contributed by atoms with Gasteiger partial charge in [-0.1, -0.05) is 29.8 Å². The molecule has 0 bridgehead atoms. The lowest BCUT2D eigenvalue weighted by molar-refractivity contribution is 0.610. The molecule has 0 radical (unpaired) electrons. The van der Waals surface area contributed by atoms with E-state index < -0.39 is 0 Å². The topological polar surface area (TPSA) is 38.0 Å². The number of benzene rings is 2. The predicted molar refractivity (Wildman–Crippen MR) is 74.5 cm³/mol. The van der Waals surface area contributed by atoms with E-state index in [1.165, 1.54) is 6.07 Å². The standard InChI is InChI=1S/C14H14ClFN2/c15-12-9-11(17)5-6-14(12)18-8-7-10-3-1-2-4-13(10)16/h1-6,9,18H,7-8,17H2. The van der Waals surface area contributed by atoms with Crippen LogP contribution in [0, 0.1) is 5.82 Å². The first-order chi connectivity index (χ1) is 8.66.